The maximum atomic E-state index is 13.2. The summed E-state index contributed by atoms with van der Waals surface area (Å²) in [6.07, 6.45) is 1.39. The Hall–Kier alpha value is -4.21. The smallest absolute Gasteiger partial charge is 0.270 e. The molecule has 1 saturated heterocycles. The van der Waals surface area contributed by atoms with Crippen molar-refractivity contribution >= 4 is 64.1 Å². The molecule has 8 nitrogen and oxygen atoms in total. The summed E-state index contributed by atoms with van der Waals surface area (Å²) in [4.78, 5) is 39.6. The van der Waals surface area contributed by atoms with Crippen LogP contribution in [0.25, 0.3) is 6.08 Å². The van der Waals surface area contributed by atoms with E-state index in [0.29, 0.717) is 16.9 Å². The van der Waals surface area contributed by atoms with Crippen LogP contribution >= 0.6 is 23.8 Å². The number of carbonyl (C=O) groups excluding carboxylic acids is 3. The molecule has 1 heterocycles. The lowest BCUT2D eigenvalue weighted by molar-refractivity contribution is -0.122. The van der Waals surface area contributed by atoms with Gasteiger partial charge in [0, 0.05) is 5.69 Å². The van der Waals surface area contributed by atoms with Crippen molar-refractivity contribution in [3.63, 3.8) is 0 Å². The van der Waals surface area contributed by atoms with Gasteiger partial charge in [-0.2, -0.15) is 0 Å². The van der Waals surface area contributed by atoms with E-state index in [-0.39, 0.29) is 39.7 Å². The first-order chi connectivity index (χ1) is 18.2. The van der Waals surface area contributed by atoms with Crippen LogP contribution in [0.4, 0.5) is 11.4 Å². The van der Waals surface area contributed by atoms with E-state index < -0.39 is 11.8 Å². The number of hydrogen-bond donors (Lipinski definition) is 2. The fourth-order valence-corrected chi connectivity index (χ4v) is 4.43. The highest BCUT2D eigenvalue weighted by Gasteiger charge is 2.34. The third kappa shape index (κ3) is 5.85. The monoisotopic (exact) mass is 549 g/mol. The number of amides is 3. The van der Waals surface area contributed by atoms with Crippen LogP contribution in [0.5, 0.6) is 11.5 Å². The molecule has 38 heavy (non-hydrogen) atoms. The van der Waals surface area contributed by atoms with Gasteiger partial charge in [0.2, 0.25) is 0 Å². The third-order valence-electron chi connectivity index (χ3n) is 5.68. The van der Waals surface area contributed by atoms with Crippen molar-refractivity contribution in [1.82, 2.24) is 5.32 Å². The lowest BCUT2D eigenvalue weighted by atomic mass is 10.1. The molecule has 0 aromatic heterocycles. The number of anilines is 2. The Labute approximate surface area is 230 Å². The maximum Gasteiger partial charge on any atom is 0.270 e. The Morgan fingerprint density at radius 3 is 2.53 bits per heavy atom. The number of methoxy groups -OCH3 is 1. The van der Waals surface area contributed by atoms with Crippen molar-refractivity contribution in [3.8, 4) is 11.5 Å². The van der Waals surface area contributed by atoms with Gasteiger partial charge in [-0.1, -0.05) is 47.5 Å². The van der Waals surface area contributed by atoms with Crippen LogP contribution in [0.3, 0.4) is 0 Å². The fraction of sp³-hybridized carbons (Fsp3) is 0.143. The topological polar surface area (TPSA) is 97.0 Å². The molecule has 0 spiro atoms. The number of carbonyl (C=O) groups is 3. The number of para-hydroxylation sites is 1. The van der Waals surface area contributed by atoms with Crippen molar-refractivity contribution in [3.05, 3.63) is 87.9 Å². The standard InChI is InChI=1S/C28H24ClN3O5S/c1-16-9-10-22(17(2)11-16)30-24(33)15-37-25-21(29)13-18(14-23(25)36-3)12-20-26(34)31-28(38)32(27(20)35)19-7-5-4-6-8-19/h4-14H,15H2,1-3H3,(H,30,33)(H,31,34,38)/b20-12-. The Kier molecular flexibility index (Phi) is 8.09. The van der Waals surface area contributed by atoms with E-state index in [9.17, 15) is 14.4 Å². The second kappa shape index (κ2) is 11.5. The van der Waals surface area contributed by atoms with Gasteiger partial charge in [0.25, 0.3) is 17.7 Å². The first-order valence-electron chi connectivity index (χ1n) is 11.5. The summed E-state index contributed by atoms with van der Waals surface area (Å²) in [6, 6.07) is 17.5. The van der Waals surface area contributed by atoms with Gasteiger partial charge in [0.05, 0.1) is 17.8 Å². The van der Waals surface area contributed by atoms with Crippen LogP contribution in [0.15, 0.2) is 66.2 Å². The summed E-state index contributed by atoms with van der Waals surface area (Å²) in [5.41, 5.74) is 3.50. The molecular weight excluding hydrogens is 526 g/mol. The average molecular weight is 550 g/mol. The van der Waals surface area contributed by atoms with E-state index in [4.69, 9.17) is 33.3 Å². The number of hydrogen-bond acceptors (Lipinski definition) is 6. The zero-order chi connectivity index (χ0) is 27.4. The van der Waals surface area contributed by atoms with Gasteiger partial charge in [-0.05, 0) is 73.6 Å². The van der Waals surface area contributed by atoms with Gasteiger partial charge in [-0.3, -0.25) is 24.6 Å². The predicted molar refractivity (Wildman–Crippen MR) is 151 cm³/mol. The highest BCUT2D eigenvalue weighted by atomic mass is 35.5. The van der Waals surface area contributed by atoms with E-state index in [0.717, 1.165) is 11.1 Å². The van der Waals surface area contributed by atoms with Gasteiger partial charge >= 0.3 is 0 Å². The van der Waals surface area contributed by atoms with Crippen LogP contribution in [-0.4, -0.2) is 36.6 Å². The molecule has 194 valence electrons. The minimum atomic E-state index is -0.634. The molecule has 3 aromatic carbocycles. The molecule has 3 amide bonds. The molecule has 0 radical (unpaired) electrons. The minimum absolute atomic E-state index is 0.0122. The van der Waals surface area contributed by atoms with Crippen LogP contribution in [-0.2, 0) is 14.4 Å². The first kappa shape index (κ1) is 26.8. The van der Waals surface area contributed by atoms with E-state index in [1.165, 1.54) is 24.2 Å². The van der Waals surface area contributed by atoms with Gasteiger partial charge in [-0.15, -0.1) is 0 Å². The maximum absolute atomic E-state index is 13.2. The molecule has 0 saturated carbocycles. The van der Waals surface area contributed by atoms with Gasteiger partial charge in [0.15, 0.2) is 23.2 Å². The van der Waals surface area contributed by atoms with Crippen molar-refractivity contribution in [2.45, 2.75) is 13.8 Å². The molecule has 10 heteroatoms. The number of ether oxygens (including phenoxy) is 2. The number of halogens is 1. The second-order valence-corrected chi connectivity index (χ2v) is 9.28. The summed E-state index contributed by atoms with van der Waals surface area (Å²) < 4.78 is 11.1. The molecule has 0 unspecified atom stereocenters. The van der Waals surface area contributed by atoms with Crippen LogP contribution in [0.2, 0.25) is 5.02 Å². The van der Waals surface area contributed by atoms with Crippen molar-refractivity contribution in [2.75, 3.05) is 23.9 Å². The summed E-state index contributed by atoms with van der Waals surface area (Å²) in [5, 5.41) is 5.47. The zero-order valence-corrected chi connectivity index (χ0v) is 22.4. The average Bonchev–Trinajstić information content (AvgIpc) is 2.87. The zero-order valence-electron chi connectivity index (χ0n) is 20.8. The third-order valence-corrected chi connectivity index (χ3v) is 6.25. The lowest BCUT2D eigenvalue weighted by Crippen LogP contribution is -2.54. The first-order valence-corrected chi connectivity index (χ1v) is 12.3. The quantitative estimate of drug-likeness (QED) is 0.249. The Morgan fingerprint density at radius 2 is 1.84 bits per heavy atom. The number of aryl methyl sites for hydroxylation is 2. The number of thiocarbonyl (C=S) groups is 1. The summed E-state index contributed by atoms with van der Waals surface area (Å²) >= 11 is 11.7. The molecule has 0 bridgehead atoms. The van der Waals surface area contributed by atoms with Gasteiger partial charge in [-0.25, -0.2) is 0 Å². The molecule has 1 aliphatic heterocycles. The lowest BCUT2D eigenvalue weighted by Gasteiger charge is -2.28. The van der Waals surface area contributed by atoms with Gasteiger partial charge in [0.1, 0.15) is 5.57 Å². The summed E-state index contributed by atoms with van der Waals surface area (Å²) in [6.45, 7) is 3.56. The largest absolute Gasteiger partial charge is 0.493 e. The number of benzene rings is 3. The Balaban J connectivity index is 1.55. The molecule has 3 aromatic rings. The SMILES string of the molecule is COc1cc(/C=C2/C(=O)NC(=S)N(c3ccccc3)C2=O)cc(Cl)c1OCC(=O)Nc1ccc(C)cc1C. The van der Waals surface area contributed by atoms with Crippen molar-refractivity contribution in [2.24, 2.45) is 0 Å². The van der Waals surface area contributed by atoms with Crippen molar-refractivity contribution in [1.29, 1.82) is 0 Å². The van der Waals surface area contributed by atoms with E-state index >= 15 is 0 Å². The van der Waals surface area contributed by atoms with E-state index in [1.54, 1.807) is 36.4 Å². The van der Waals surface area contributed by atoms with Crippen LogP contribution < -0.4 is 25.0 Å². The van der Waals surface area contributed by atoms with E-state index in [2.05, 4.69) is 10.6 Å². The van der Waals surface area contributed by atoms with E-state index in [1.807, 2.05) is 32.0 Å². The minimum Gasteiger partial charge on any atom is -0.493 e. The second-order valence-electron chi connectivity index (χ2n) is 8.48. The molecule has 0 atom stereocenters. The molecule has 1 aliphatic rings. The Bertz CT molecular complexity index is 1470. The number of rotatable bonds is 7. The normalized spacial score (nSPS) is 14.4. The Morgan fingerprint density at radius 1 is 1.11 bits per heavy atom. The van der Waals surface area contributed by atoms with Crippen molar-refractivity contribution < 1.29 is 23.9 Å². The molecule has 0 aliphatic carbocycles. The molecule has 4 rings (SSSR count). The highest BCUT2D eigenvalue weighted by molar-refractivity contribution is 7.80. The molecule has 2 N–H and O–H groups in total. The predicted octanol–water partition coefficient (Wildman–Crippen LogP) is 4.81. The molecule has 1 fully saturated rings. The highest BCUT2D eigenvalue weighted by Crippen LogP contribution is 2.37. The fourth-order valence-electron chi connectivity index (χ4n) is 3.88. The number of nitrogens with zero attached hydrogens (tertiary/aromatic N) is 1. The van der Waals surface area contributed by atoms with Crippen LogP contribution in [0, 0.1) is 13.8 Å². The summed E-state index contributed by atoms with van der Waals surface area (Å²) in [7, 11) is 1.42. The molecular formula is C28H24ClN3O5S. The summed E-state index contributed by atoms with van der Waals surface area (Å²) in [5.74, 6) is -1.21. The van der Waals surface area contributed by atoms with Gasteiger partial charge < -0.3 is 14.8 Å². The van der Waals surface area contributed by atoms with Crippen LogP contribution in [0.1, 0.15) is 16.7 Å². The number of nitrogens with one attached hydrogen (secondary N) is 2.